The van der Waals surface area contributed by atoms with E-state index in [1.54, 1.807) is 12.1 Å². The number of likely N-dealkylation sites (tertiary alicyclic amines) is 1. The van der Waals surface area contributed by atoms with Crippen molar-refractivity contribution >= 4 is 38.4 Å². The van der Waals surface area contributed by atoms with Crippen molar-refractivity contribution in [3.05, 3.63) is 52.2 Å². The van der Waals surface area contributed by atoms with Crippen molar-refractivity contribution in [1.29, 1.82) is 0 Å². The second kappa shape index (κ2) is 7.30. The zero-order valence-corrected chi connectivity index (χ0v) is 20.5. The van der Waals surface area contributed by atoms with Gasteiger partial charge in [-0.3, -0.25) is 9.69 Å². The predicted octanol–water partition coefficient (Wildman–Crippen LogP) is 5.76. The van der Waals surface area contributed by atoms with Crippen LogP contribution in [-0.2, 0) is 6.54 Å². The van der Waals surface area contributed by atoms with Gasteiger partial charge in [-0.25, -0.2) is 4.98 Å². The summed E-state index contributed by atoms with van der Waals surface area (Å²) in [5.74, 6) is 0.172. The lowest BCUT2D eigenvalue weighted by atomic mass is 9.65. The predicted molar refractivity (Wildman–Crippen MR) is 137 cm³/mol. The third kappa shape index (κ3) is 3.41. The number of nitrogens with two attached hydrogens (primary N) is 1. The maximum atomic E-state index is 13.6. The summed E-state index contributed by atoms with van der Waals surface area (Å²) in [6.45, 7) is 8.56. The Kier molecular flexibility index (Phi) is 4.64. The summed E-state index contributed by atoms with van der Waals surface area (Å²) in [6.07, 6.45) is 3.49. The van der Waals surface area contributed by atoms with Crippen LogP contribution in [-0.4, -0.2) is 27.6 Å². The molecular formula is C27H29N3O3S. The fourth-order valence-corrected chi connectivity index (χ4v) is 7.63. The molecule has 1 aliphatic carbocycles. The second-order valence-electron chi connectivity index (χ2n) is 11.2. The second-order valence-corrected chi connectivity index (χ2v) is 12.2. The Balaban J connectivity index is 1.44. The van der Waals surface area contributed by atoms with Crippen LogP contribution in [0.2, 0.25) is 0 Å². The Morgan fingerprint density at radius 3 is 2.79 bits per heavy atom. The zero-order valence-electron chi connectivity index (χ0n) is 19.7. The van der Waals surface area contributed by atoms with Crippen molar-refractivity contribution < 1.29 is 9.52 Å². The van der Waals surface area contributed by atoms with Gasteiger partial charge in [0, 0.05) is 19.1 Å². The average Bonchev–Trinajstić information content (AvgIpc) is 3.27. The van der Waals surface area contributed by atoms with E-state index in [2.05, 4.69) is 30.7 Å². The maximum Gasteiger partial charge on any atom is 0.205 e. The molecule has 2 atom stereocenters. The van der Waals surface area contributed by atoms with Crippen molar-refractivity contribution in [2.75, 3.05) is 12.3 Å². The molecule has 0 unspecified atom stereocenters. The molecule has 1 saturated heterocycles. The number of benzene rings is 2. The molecule has 6 rings (SSSR count). The lowest BCUT2D eigenvalue weighted by molar-refractivity contribution is 0.126. The van der Waals surface area contributed by atoms with E-state index < -0.39 is 0 Å². The number of aromatic hydroxyl groups is 1. The first-order chi connectivity index (χ1) is 16.1. The molecule has 1 saturated carbocycles. The Bertz CT molecular complexity index is 1470. The smallest absolute Gasteiger partial charge is 0.205 e. The van der Waals surface area contributed by atoms with Gasteiger partial charge < -0.3 is 15.3 Å². The standard InChI is InChI=1S/C27H29N3O3S/c1-26(2)10-15-11-27(3,13-26)14-30(15)12-17-19(31)9-8-16-22(32)21(24(28)33-23(16)17)25-29-18-6-4-5-7-20(18)34-25/h4-9,15,31H,10-14,28H2,1-3H3/t15-,27-/m1/s1. The number of aromatic nitrogens is 1. The molecule has 1 aliphatic heterocycles. The zero-order chi connectivity index (χ0) is 23.8. The topological polar surface area (TPSA) is 92.6 Å². The van der Waals surface area contributed by atoms with E-state index >= 15 is 0 Å². The molecule has 2 fully saturated rings. The third-order valence-electron chi connectivity index (χ3n) is 7.56. The highest BCUT2D eigenvalue weighted by molar-refractivity contribution is 7.21. The monoisotopic (exact) mass is 475 g/mol. The van der Waals surface area contributed by atoms with E-state index in [0.29, 0.717) is 39.5 Å². The van der Waals surface area contributed by atoms with Crippen molar-refractivity contribution in [1.82, 2.24) is 9.88 Å². The van der Waals surface area contributed by atoms with Gasteiger partial charge in [0.1, 0.15) is 21.9 Å². The van der Waals surface area contributed by atoms with Gasteiger partial charge in [0.25, 0.3) is 0 Å². The van der Waals surface area contributed by atoms with Crippen molar-refractivity contribution in [2.45, 2.75) is 52.6 Å². The Morgan fingerprint density at radius 1 is 1.21 bits per heavy atom. The Labute approximate surface area is 202 Å². The summed E-state index contributed by atoms with van der Waals surface area (Å²) in [6, 6.07) is 11.4. The number of nitrogen functional groups attached to an aromatic ring is 1. The van der Waals surface area contributed by atoms with Gasteiger partial charge >= 0.3 is 0 Å². The molecule has 7 heteroatoms. The highest BCUT2D eigenvalue weighted by atomic mass is 32.1. The molecular weight excluding hydrogens is 446 g/mol. The maximum absolute atomic E-state index is 13.6. The fourth-order valence-electron chi connectivity index (χ4n) is 6.62. The quantitative estimate of drug-likeness (QED) is 0.391. The summed E-state index contributed by atoms with van der Waals surface area (Å²) in [7, 11) is 0. The lowest BCUT2D eigenvalue weighted by Crippen LogP contribution is -2.34. The van der Waals surface area contributed by atoms with E-state index in [9.17, 15) is 9.90 Å². The van der Waals surface area contributed by atoms with Crippen molar-refractivity contribution in [2.24, 2.45) is 10.8 Å². The molecule has 2 aliphatic rings. The van der Waals surface area contributed by atoms with Crippen molar-refractivity contribution in [3.63, 3.8) is 0 Å². The van der Waals surface area contributed by atoms with E-state index in [4.69, 9.17) is 10.2 Å². The minimum atomic E-state index is -0.215. The summed E-state index contributed by atoms with van der Waals surface area (Å²) >= 11 is 1.42. The molecule has 0 amide bonds. The molecule has 3 N–H and O–H groups in total. The van der Waals surface area contributed by atoms with Gasteiger partial charge in [-0.1, -0.05) is 32.9 Å². The van der Waals surface area contributed by atoms with Crippen LogP contribution in [0.15, 0.2) is 45.6 Å². The molecule has 2 bridgehead atoms. The largest absolute Gasteiger partial charge is 0.507 e. The lowest BCUT2D eigenvalue weighted by Gasteiger charge is -2.40. The number of hydrogen-bond donors (Lipinski definition) is 2. The number of rotatable bonds is 3. The number of nitrogens with zero attached hydrogens (tertiary/aromatic N) is 2. The molecule has 0 radical (unpaired) electrons. The molecule has 2 aromatic carbocycles. The van der Waals surface area contributed by atoms with Gasteiger partial charge in [0.2, 0.25) is 11.3 Å². The Hall–Kier alpha value is -2.90. The number of hydrogen-bond acceptors (Lipinski definition) is 7. The molecule has 34 heavy (non-hydrogen) atoms. The number of fused-ring (bicyclic) bond motifs is 4. The molecule has 4 aromatic rings. The van der Waals surface area contributed by atoms with Gasteiger partial charge in [0.15, 0.2) is 0 Å². The summed E-state index contributed by atoms with van der Waals surface area (Å²) in [4.78, 5) is 20.6. The number of thiazole rings is 1. The number of phenols is 1. The average molecular weight is 476 g/mol. The minimum Gasteiger partial charge on any atom is -0.507 e. The summed E-state index contributed by atoms with van der Waals surface area (Å²) in [5, 5.41) is 11.8. The van der Waals surface area contributed by atoms with Crippen LogP contribution in [0.4, 0.5) is 5.88 Å². The van der Waals surface area contributed by atoms with Crippen molar-refractivity contribution in [3.8, 4) is 16.3 Å². The first-order valence-corrected chi connectivity index (χ1v) is 12.6. The fraction of sp³-hybridized carbons (Fsp3) is 0.407. The minimum absolute atomic E-state index is 0.0386. The Morgan fingerprint density at radius 2 is 2.00 bits per heavy atom. The summed E-state index contributed by atoms with van der Waals surface area (Å²) in [5.41, 5.74) is 8.79. The van der Waals surface area contributed by atoms with Crippen LogP contribution in [0.3, 0.4) is 0 Å². The molecule has 176 valence electrons. The van der Waals surface area contributed by atoms with Gasteiger partial charge in [-0.15, -0.1) is 11.3 Å². The highest BCUT2D eigenvalue weighted by Gasteiger charge is 2.49. The number of phenolic OH excluding ortho intramolecular Hbond substituents is 1. The van der Waals surface area contributed by atoms with E-state index in [1.165, 1.54) is 17.8 Å². The SMILES string of the molecule is CC1(C)C[C@@H]2C[C@@](C)(CN2Cc2c(O)ccc3c(=O)c(-c4nc5ccccc5s4)c(N)oc23)C1. The van der Waals surface area contributed by atoms with Crippen LogP contribution >= 0.6 is 11.3 Å². The van der Waals surface area contributed by atoms with Crippen LogP contribution in [0.5, 0.6) is 5.75 Å². The number of anilines is 1. The normalized spacial score (nSPS) is 24.3. The first kappa shape index (κ1) is 21.6. The van der Waals surface area contributed by atoms with Crippen LogP contribution in [0, 0.1) is 10.8 Å². The van der Waals surface area contributed by atoms with E-state index in [1.807, 2.05) is 24.3 Å². The number of para-hydroxylation sites is 1. The van der Waals surface area contributed by atoms with Crippen LogP contribution in [0.1, 0.15) is 45.6 Å². The molecule has 6 nitrogen and oxygen atoms in total. The van der Waals surface area contributed by atoms with Gasteiger partial charge in [-0.05, 0) is 54.4 Å². The first-order valence-electron chi connectivity index (χ1n) is 11.8. The van der Waals surface area contributed by atoms with Crippen LogP contribution < -0.4 is 11.2 Å². The van der Waals surface area contributed by atoms with E-state index in [-0.39, 0.29) is 28.0 Å². The summed E-state index contributed by atoms with van der Waals surface area (Å²) < 4.78 is 7.07. The third-order valence-corrected chi connectivity index (χ3v) is 8.61. The van der Waals surface area contributed by atoms with Crippen LogP contribution in [0.25, 0.3) is 31.8 Å². The van der Waals surface area contributed by atoms with E-state index in [0.717, 1.165) is 29.6 Å². The molecule has 0 spiro atoms. The van der Waals surface area contributed by atoms with Gasteiger partial charge in [-0.2, -0.15) is 0 Å². The molecule has 2 aromatic heterocycles. The van der Waals surface area contributed by atoms with Gasteiger partial charge in [0.05, 0.1) is 21.2 Å². The highest BCUT2D eigenvalue weighted by Crippen LogP contribution is 2.53. The molecule has 3 heterocycles.